The molecule has 0 aliphatic rings. The predicted octanol–water partition coefficient (Wildman–Crippen LogP) is 2.55. The molecule has 0 aliphatic carbocycles. The van der Waals surface area contributed by atoms with Gasteiger partial charge in [-0.25, -0.2) is 4.39 Å². The van der Waals surface area contributed by atoms with Gasteiger partial charge < -0.3 is 9.84 Å². The number of ether oxygens (including phenoxy) is 1. The van der Waals surface area contributed by atoms with Crippen LogP contribution in [-0.4, -0.2) is 24.1 Å². The zero-order valence-corrected chi connectivity index (χ0v) is 11.6. The van der Waals surface area contributed by atoms with Gasteiger partial charge in [0.05, 0.1) is 0 Å². The molecule has 110 valence electrons. The van der Waals surface area contributed by atoms with Crippen LogP contribution < -0.4 is 4.74 Å². The lowest BCUT2D eigenvalue weighted by atomic mass is 10.1. The van der Waals surface area contributed by atoms with Crippen molar-refractivity contribution in [2.24, 2.45) is 0 Å². The van der Waals surface area contributed by atoms with E-state index in [9.17, 15) is 9.18 Å². The van der Waals surface area contributed by atoms with E-state index in [-0.39, 0.29) is 31.2 Å². The number of halogens is 1. The molecule has 0 spiro atoms. The first kappa shape index (κ1) is 15.2. The fourth-order valence-electron chi connectivity index (χ4n) is 1.93. The molecule has 2 rings (SSSR count). The molecule has 2 aromatic carbocycles. The van der Waals surface area contributed by atoms with Crippen LogP contribution in [0.2, 0.25) is 0 Å². The van der Waals surface area contributed by atoms with Gasteiger partial charge in [-0.05, 0) is 41.8 Å². The van der Waals surface area contributed by atoms with Crippen LogP contribution in [-0.2, 0) is 17.6 Å². The Morgan fingerprint density at radius 1 is 1.00 bits per heavy atom. The highest BCUT2D eigenvalue weighted by atomic mass is 19.1. The van der Waals surface area contributed by atoms with Gasteiger partial charge in [0, 0.05) is 13.0 Å². The molecule has 0 amide bonds. The summed E-state index contributed by atoms with van der Waals surface area (Å²) in [7, 11) is 0. The number of hydrogen-bond acceptors (Lipinski definition) is 3. The number of ketones is 1. The van der Waals surface area contributed by atoms with Crippen molar-refractivity contribution in [1.82, 2.24) is 0 Å². The van der Waals surface area contributed by atoms with E-state index in [1.54, 1.807) is 24.3 Å². The van der Waals surface area contributed by atoms with Gasteiger partial charge in [0.1, 0.15) is 18.2 Å². The molecule has 4 heteroatoms. The summed E-state index contributed by atoms with van der Waals surface area (Å²) >= 11 is 0. The highest BCUT2D eigenvalue weighted by Crippen LogP contribution is 2.13. The first-order valence-electron chi connectivity index (χ1n) is 6.76. The van der Waals surface area contributed by atoms with E-state index in [1.807, 2.05) is 12.1 Å². The van der Waals surface area contributed by atoms with Crippen molar-refractivity contribution in [1.29, 1.82) is 0 Å². The van der Waals surface area contributed by atoms with Gasteiger partial charge in [0.2, 0.25) is 0 Å². The summed E-state index contributed by atoms with van der Waals surface area (Å²) in [4.78, 5) is 11.8. The van der Waals surface area contributed by atoms with E-state index in [4.69, 9.17) is 9.84 Å². The number of carbonyl (C=O) groups excluding carboxylic acids is 1. The zero-order valence-electron chi connectivity index (χ0n) is 11.6. The van der Waals surface area contributed by atoms with Crippen molar-refractivity contribution < 1.29 is 19.0 Å². The van der Waals surface area contributed by atoms with Crippen LogP contribution in [0.15, 0.2) is 48.5 Å². The molecule has 0 bridgehead atoms. The summed E-state index contributed by atoms with van der Waals surface area (Å²) in [6, 6.07) is 13.1. The van der Waals surface area contributed by atoms with E-state index in [0.717, 1.165) is 11.1 Å². The third-order valence-corrected chi connectivity index (χ3v) is 3.04. The summed E-state index contributed by atoms with van der Waals surface area (Å²) < 4.78 is 18.2. The van der Waals surface area contributed by atoms with Crippen molar-refractivity contribution >= 4 is 5.78 Å². The molecular weight excluding hydrogens is 271 g/mol. The fraction of sp³-hybridized carbons (Fsp3) is 0.235. The van der Waals surface area contributed by atoms with Gasteiger partial charge in [0.15, 0.2) is 5.78 Å². The number of rotatable bonds is 7. The largest absolute Gasteiger partial charge is 0.486 e. The third kappa shape index (κ3) is 5.00. The number of aliphatic hydroxyl groups is 1. The molecule has 21 heavy (non-hydrogen) atoms. The molecule has 0 aromatic heterocycles. The van der Waals surface area contributed by atoms with Crippen molar-refractivity contribution in [3.63, 3.8) is 0 Å². The lowest BCUT2D eigenvalue weighted by Gasteiger charge is -2.06. The number of Topliss-reactive ketones (excluding diaryl/α,β-unsaturated/α-hetero) is 1. The molecule has 3 nitrogen and oxygen atoms in total. The number of aliphatic hydroxyl groups excluding tert-OH is 1. The Balaban J connectivity index is 1.81. The van der Waals surface area contributed by atoms with Crippen molar-refractivity contribution in [3.8, 4) is 5.75 Å². The number of hydrogen-bond donors (Lipinski definition) is 1. The maximum absolute atomic E-state index is 12.8. The second kappa shape index (κ2) is 7.55. The van der Waals surface area contributed by atoms with Crippen LogP contribution in [0.3, 0.4) is 0 Å². The molecule has 0 atom stereocenters. The topological polar surface area (TPSA) is 46.5 Å². The number of benzene rings is 2. The standard InChI is InChI=1S/C17H17FO3/c18-15-5-1-14(2-6-15)11-16(20)12-21-17-7-3-13(4-8-17)9-10-19/h1-8,19H,9-12H2. The molecule has 0 saturated carbocycles. The molecule has 0 radical (unpaired) electrons. The van der Waals surface area contributed by atoms with Gasteiger partial charge in [0.25, 0.3) is 0 Å². The minimum atomic E-state index is -0.314. The first-order chi connectivity index (χ1) is 10.2. The summed E-state index contributed by atoms with van der Waals surface area (Å²) in [5.41, 5.74) is 1.78. The van der Waals surface area contributed by atoms with Crippen LogP contribution >= 0.6 is 0 Å². The lowest BCUT2D eigenvalue weighted by molar-refractivity contribution is -0.120. The van der Waals surface area contributed by atoms with Crippen LogP contribution in [0, 0.1) is 5.82 Å². The lowest BCUT2D eigenvalue weighted by Crippen LogP contribution is -2.13. The molecular formula is C17H17FO3. The Bertz CT molecular complexity index is 576. The smallest absolute Gasteiger partial charge is 0.174 e. The molecule has 0 aliphatic heterocycles. The Morgan fingerprint density at radius 2 is 1.62 bits per heavy atom. The normalized spacial score (nSPS) is 10.4. The second-order valence-electron chi connectivity index (χ2n) is 4.75. The second-order valence-corrected chi connectivity index (χ2v) is 4.75. The minimum Gasteiger partial charge on any atom is -0.486 e. The summed E-state index contributed by atoms with van der Waals surface area (Å²) in [6.07, 6.45) is 0.826. The van der Waals surface area contributed by atoms with Crippen molar-refractivity contribution in [3.05, 3.63) is 65.5 Å². The highest BCUT2D eigenvalue weighted by Gasteiger charge is 2.05. The van der Waals surface area contributed by atoms with Crippen LogP contribution in [0.1, 0.15) is 11.1 Å². The zero-order chi connectivity index (χ0) is 15.1. The molecule has 0 heterocycles. The van der Waals surface area contributed by atoms with Crippen molar-refractivity contribution in [2.75, 3.05) is 13.2 Å². The maximum Gasteiger partial charge on any atom is 0.174 e. The Morgan fingerprint density at radius 3 is 2.24 bits per heavy atom. The Labute approximate surface area is 123 Å². The quantitative estimate of drug-likeness (QED) is 0.851. The van der Waals surface area contributed by atoms with E-state index < -0.39 is 0 Å². The fourth-order valence-corrected chi connectivity index (χ4v) is 1.93. The molecule has 1 N–H and O–H groups in total. The average molecular weight is 288 g/mol. The minimum absolute atomic E-state index is 0.0171. The van der Waals surface area contributed by atoms with E-state index in [2.05, 4.69) is 0 Å². The van der Waals surface area contributed by atoms with Crippen molar-refractivity contribution in [2.45, 2.75) is 12.8 Å². The summed E-state index contributed by atoms with van der Waals surface area (Å²) in [5.74, 6) is 0.232. The highest BCUT2D eigenvalue weighted by molar-refractivity contribution is 5.82. The molecule has 2 aromatic rings. The molecule has 0 fully saturated rings. The third-order valence-electron chi connectivity index (χ3n) is 3.04. The van der Waals surface area contributed by atoms with Gasteiger partial charge in [-0.2, -0.15) is 0 Å². The van der Waals surface area contributed by atoms with Gasteiger partial charge >= 0.3 is 0 Å². The van der Waals surface area contributed by atoms with E-state index in [0.29, 0.717) is 12.2 Å². The van der Waals surface area contributed by atoms with Crippen LogP contribution in [0.25, 0.3) is 0 Å². The van der Waals surface area contributed by atoms with Crippen LogP contribution in [0.5, 0.6) is 5.75 Å². The van der Waals surface area contributed by atoms with Gasteiger partial charge in [-0.3, -0.25) is 4.79 Å². The Hall–Kier alpha value is -2.20. The van der Waals surface area contributed by atoms with Gasteiger partial charge in [-0.15, -0.1) is 0 Å². The Kier molecular flexibility index (Phi) is 5.46. The molecule has 0 saturated heterocycles. The predicted molar refractivity (Wildman–Crippen MR) is 77.8 cm³/mol. The van der Waals surface area contributed by atoms with E-state index in [1.165, 1.54) is 12.1 Å². The van der Waals surface area contributed by atoms with E-state index >= 15 is 0 Å². The maximum atomic E-state index is 12.8. The number of carbonyl (C=O) groups is 1. The SMILES string of the molecule is O=C(COc1ccc(CCO)cc1)Cc1ccc(F)cc1. The first-order valence-corrected chi connectivity index (χ1v) is 6.76. The van der Waals surface area contributed by atoms with Crippen LogP contribution in [0.4, 0.5) is 4.39 Å². The summed E-state index contributed by atoms with van der Waals surface area (Å²) in [6.45, 7) is 0.0904. The molecule has 0 unspecified atom stereocenters. The van der Waals surface area contributed by atoms with Gasteiger partial charge in [-0.1, -0.05) is 24.3 Å². The monoisotopic (exact) mass is 288 g/mol. The average Bonchev–Trinajstić information content (AvgIpc) is 2.49. The summed E-state index contributed by atoms with van der Waals surface area (Å²) in [5, 5.41) is 8.82.